The molecule has 2 aliphatic heterocycles. The summed E-state index contributed by atoms with van der Waals surface area (Å²) in [5.74, 6) is -0.566. The van der Waals surface area contributed by atoms with Crippen LogP contribution in [0.4, 0.5) is 22.4 Å². The van der Waals surface area contributed by atoms with Gasteiger partial charge in [-0.3, -0.25) is 0 Å². The number of piperidine rings is 1. The van der Waals surface area contributed by atoms with Crippen molar-refractivity contribution in [3.8, 4) is 0 Å². The number of benzene rings is 1. The number of sulfonamides is 1. The number of carbonyl (C=O) groups is 1. The molecule has 32 heavy (non-hydrogen) atoms. The summed E-state index contributed by atoms with van der Waals surface area (Å²) in [7, 11) is -3.94. The Balaban J connectivity index is 1.68. The van der Waals surface area contributed by atoms with Crippen LogP contribution in [-0.2, 0) is 19.5 Å². The number of hydrogen-bond acceptors (Lipinski definition) is 6. The highest BCUT2D eigenvalue weighted by Gasteiger charge is 2.48. The summed E-state index contributed by atoms with van der Waals surface area (Å²) in [5.41, 5.74) is -0.920. The monoisotopic (exact) mass is 484 g/mol. The number of likely N-dealkylation sites (tertiary alicyclic amines) is 1. The summed E-state index contributed by atoms with van der Waals surface area (Å²) in [5, 5.41) is 8.83. The van der Waals surface area contributed by atoms with Gasteiger partial charge >= 0.3 is 12.3 Å². The van der Waals surface area contributed by atoms with Gasteiger partial charge in [0, 0.05) is 25.7 Å². The largest absolute Gasteiger partial charge is 0.434 e. The Morgan fingerprint density at radius 2 is 1.88 bits per heavy atom. The van der Waals surface area contributed by atoms with Crippen molar-refractivity contribution in [3.63, 3.8) is 0 Å². The first-order valence-electron chi connectivity index (χ1n) is 9.92. The van der Waals surface area contributed by atoms with Crippen molar-refractivity contribution in [2.24, 2.45) is 0 Å². The second kappa shape index (κ2) is 9.12. The molecule has 1 amide bonds. The molecule has 2 fully saturated rings. The molecule has 0 saturated carbocycles. The normalized spacial score (nSPS) is 23.2. The smallest absolute Gasteiger partial charge is 0.427 e. The highest BCUT2D eigenvalue weighted by Crippen LogP contribution is 2.35. The molecule has 2 aliphatic rings. The molecule has 0 radical (unpaired) electrons. The van der Waals surface area contributed by atoms with E-state index < -0.39 is 52.5 Å². The van der Waals surface area contributed by atoms with Crippen molar-refractivity contribution in [3.05, 3.63) is 30.1 Å². The van der Waals surface area contributed by atoms with Gasteiger partial charge in [-0.05, 0) is 44.0 Å². The Labute approximate surface area is 182 Å². The fraction of sp³-hybridized carbons (Fsp3) is 0.632. The van der Waals surface area contributed by atoms with Crippen molar-refractivity contribution in [1.82, 2.24) is 9.21 Å². The molecule has 1 N–H and O–H groups in total. The predicted molar refractivity (Wildman–Crippen MR) is 103 cm³/mol. The molecule has 2 atom stereocenters. The van der Waals surface area contributed by atoms with Gasteiger partial charge in [0.05, 0.1) is 23.7 Å². The molecule has 8 nitrogen and oxygen atoms in total. The number of halogens is 4. The Bertz CT molecular complexity index is 917. The lowest BCUT2D eigenvalue weighted by atomic mass is 9.89. The summed E-state index contributed by atoms with van der Waals surface area (Å²) in [4.78, 5) is 13.1. The van der Waals surface area contributed by atoms with E-state index in [1.165, 1.54) is 16.4 Å². The number of hydrogen-bond donors (Lipinski definition) is 1. The zero-order valence-corrected chi connectivity index (χ0v) is 18.0. The highest BCUT2D eigenvalue weighted by atomic mass is 32.2. The number of amides is 1. The Hall–Kier alpha value is -1.96. The minimum atomic E-state index is -4.89. The molecule has 0 aliphatic carbocycles. The fourth-order valence-corrected chi connectivity index (χ4v) is 5.42. The van der Waals surface area contributed by atoms with Crippen LogP contribution in [0.5, 0.6) is 0 Å². The van der Waals surface area contributed by atoms with Crippen LogP contribution in [0, 0.1) is 5.82 Å². The van der Waals surface area contributed by atoms with Crippen LogP contribution >= 0.6 is 0 Å². The minimum Gasteiger partial charge on any atom is -0.434 e. The average molecular weight is 484 g/mol. The summed E-state index contributed by atoms with van der Waals surface area (Å²) < 4.78 is 89.1. The van der Waals surface area contributed by atoms with Crippen LogP contribution in [0.15, 0.2) is 29.2 Å². The number of carbonyl (C=O) groups excluding carboxylic acids is 1. The topological polar surface area (TPSA) is 96.4 Å². The SMILES string of the molecule is CC1COC2(CCN(C(=O)O[C@H](CO)C(F)(F)F)CC2)CN1S(=O)(=O)c1ccc(F)cc1. The second-order valence-electron chi connectivity index (χ2n) is 7.93. The van der Waals surface area contributed by atoms with E-state index in [0.29, 0.717) is 0 Å². The standard InChI is InChI=1S/C19H24F4N2O6S/c1-13-11-30-18(12-25(13)32(28,29)15-4-2-14(20)3-5-15)6-8-24(9-7-18)17(27)31-16(10-26)19(21,22)23/h2-5,13,16,26H,6-12H2,1H3/t13?,16-/m1/s1. The summed E-state index contributed by atoms with van der Waals surface area (Å²) in [6, 6.07) is 3.97. The number of aliphatic hydroxyl groups excluding tert-OH is 1. The maximum Gasteiger partial charge on any atom is 0.427 e. The molecule has 3 rings (SSSR count). The van der Waals surface area contributed by atoms with Crippen molar-refractivity contribution in [2.45, 2.75) is 48.6 Å². The lowest BCUT2D eigenvalue weighted by Gasteiger charge is -2.48. The maximum atomic E-state index is 13.2. The average Bonchev–Trinajstić information content (AvgIpc) is 2.73. The molecule has 0 bridgehead atoms. The van der Waals surface area contributed by atoms with E-state index in [-0.39, 0.29) is 44.0 Å². The van der Waals surface area contributed by atoms with Crippen molar-refractivity contribution in [2.75, 3.05) is 32.8 Å². The Morgan fingerprint density at radius 3 is 2.41 bits per heavy atom. The van der Waals surface area contributed by atoms with Crippen LogP contribution in [0.3, 0.4) is 0 Å². The molecule has 2 heterocycles. The molecule has 180 valence electrons. The Kier molecular flexibility index (Phi) is 7.03. The van der Waals surface area contributed by atoms with Gasteiger partial charge in [-0.2, -0.15) is 17.5 Å². The highest BCUT2D eigenvalue weighted by molar-refractivity contribution is 7.89. The van der Waals surface area contributed by atoms with E-state index in [0.717, 1.165) is 17.0 Å². The van der Waals surface area contributed by atoms with Gasteiger partial charge in [-0.25, -0.2) is 17.6 Å². The van der Waals surface area contributed by atoms with Gasteiger partial charge in [0.2, 0.25) is 16.1 Å². The van der Waals surface area contributed by atoms with Gasteiger partial charge in [0.1, 0.15) is 5.82 Å². The maximum absolute atomic E-state index is 13.2. The summed E-state index contributed by atoms with van der Waals surface area (Å²) >= 11 is 0. The van der Waals surface area contributed by atoms with Gasteiger partial charge in [-0.1, -0.05) is 0 Å². The van der Waals surface area contributed by atoms with Crippen LogP contribution in [-0.4, -0.2) is 85.6 Å². The quantitative estimate of drug-likeness (QED) is 0.658. The number of aliphatic hydroxyl groups is 1. The van der Waals surface area contributed by atoms with Crippen molar-refractivity contribution in [1.29, 1.82) is 0 Å². The predicted octanol–water partition coefficient (Wildman–Crippen LogP) is 2.13. The van der Waals surface area contributed by atoms with E-state index in [2.05, 4.69) is 4.74 Å². The van der Waals surface area contributed by atoms with E-state index in [1.807, 2.05) is 0 Å². The third-order valence-electron chi connectivity index (χ3n) is 5.69. The molecule has 0 aromatic heterocycles. The first kappa shape index (κ1) is 24.7. The lowest BCUT2D eigenvalue weighted by molar-refractivity contribution is -0.215. The van der Waals surface area contributed by atoms with Crippen molar-refractivity contribution < 1.29 is 45.4 Å². The van der Waals surface area contributed by atoms with E-state index in [4.69, 9.17) is 9.84 Å². The first-order valence-corrected chi connectivity index (χ1v) is 11.4. The van der Waals surface area contributed by atoms with Gasteiger partial charge in [-0.15, -0.1) is 0 Å². The number of rotatable bonds is 4. The molecule has 1 aromatic rings. The molecule has 1 aromatic carbocycles. The molecular formula is C19H24F4N2O6S. The third kappa shape index (κ3) is 5.16. The summed E-state index contributed by atoms with van der Waals surface area (Å²) in [6.07, 6.45) is -8.36. The number of ether oxygens (including phenoxy) is 2. The molecule has 1 unspecified atom stereocenters. The number of nitrogens with zero attached hydrogens (tertiary/aromatic N) is 2. The van der Waals surface area contributed by atoms with E-state index >= 15 is 0 Å². The van der Waals surface area contributed by atoms with Crippen LogP contribution in [0.1, 0.15) is 19.8 Å². The van der Waals surface area contributed by atoms with E-state index in [9.17, 15) is 30.8 Å². The van der Waals surface area contributed by atoms with Crippen molar-refractivity contribution >= 4 is 16.1 Å². The summed E-state index contributed by atoms with van der Waals surface area (Å²) in [6.45, 7) is 0.349. The van der Waals surface area contributed by atoms with Gasteiger partial charge < -0.3 is 19.5 Å². The molecule has 13 heteroatoms. The van der Waals surface area contributed by atoms with Crippen LogP contribution in [0.25, 0.3) is 0 Å². The zero-order chi connectivity index (χ0) is 23.7. The third-order valence-corrected chi connectivity index (χ3v) is 7.67. The molecule has 1 spiro atoms. The van der Waals surface area contributed by atoms with Crippen LogP contribution < -0.4 is 0 Å². The minimum absolute atomic E-state index is 0.00629. The molecule has 2 saturated heterocycles. The first-order chi connectivity index (χ1) is 14.9. The number of morpholine rings is 1. The lowest BCUT2D eigenvalue weighted by Crippen LogP contribution is -2.61. The molecular weight excluding hydrogens is 460 g/mol. The van der Waals surface area contributed by atoms with E-state index in [1.54, 1.807) is 6.92 Å². The van der Waals surface area contributed by atoms with Crippen LogP contribution in [0.2, 0.25) is 0 Å². The fourth-order valence-electron chi connectivity index (χ4n) is 3.73. The van der Waals surface area contributed by atoms with Gasteiger partial charge in [0.15, 0.2) is 0 Å². The zero-order valence-electron chi connectivity index (χ0n) is 17.2. The number of alkyl halides is 3. The Morgan fingerprint density at radius 1 is 1.28 bits per heavy atom. The van der Waals surface area contributed by atoms with Gasteiger partial charge in [0.25, 0.3) is 0 Å². The second-order valence-corrected chi connectivity index (χ2v) is 9.82.